The van der Waals surface area contributed by atoms with Crippen LogP contribution in [0, 0.1) is 5.82 Å². The number of sulfonamides is 1. The molecule has 158 valence electrons. The molecule has 0 saturated heterocycles. The van der Waals surface area contributed by atoms with Crippen molar-refractivity contribution in [1.29, 1.82) is 0 Å². The summed E-state index contributed by atoms with van der Waals surface area (Å²) in [6.07, 6.45) is 3.27. The van der Waals surface area contributed by atoms with Gasteiger partial charge in [0.15, 0.2) is 0 Å². The van der Waals surface area contributed by atoms with Gasteiger partial charge in [-0.3, -0.25) is 4.79 Å². The van der Waals surface area contributed by atoms with Crippen LogP contribution in [0.5, 0.6) is 0 Å². The Morgan fingerprint density at radius 3 is 2.43 bits per heavy atom. The molecule has 0 saturated carbocycles. The first-order chi connectivity index (χ1) is 14.3. The van der Waals surface area contributed by atoms with Gasteiger partial charge in [0.05, 0.1) is 4.90 Å². The van der Waals surface area contributed by atoms with Crippen LogP contribution in [0.15, 0.2) is 70.3 Å². The van der Waals surface area contributed by atoms with Gasteiger partial charge in [0, 0.05) is 36.9 Å². The molecule has 0 aliphatic carbocycles. The van der Waals surface area contributed by atoms with Crippen molar-refractivity contribution in [3.05, 3.63) is 82.6 Å². The smallest absolute Gasteiger partial charge is 0.240 e. The fourth-order valence-electron chi connectivity index (χ4n) is 2.84. The summed E-state index contributed by atoms with van der Waals surface area (Å²) in [4.78, 5) is 16.9. The molecule has 3 rings (SSSR count). The van der Waals surface area contributed by atoms with E-state index in [1.165, 1.54) is 24.3 Å². The Kier molecular flexibility index (Phi) is 7.01. The molecule has 1 heterocycles. The van der Waals surface area contributed by atoms with Gasteiger partial charge in [0.25, 0.3) is 0 Å². The Bertz CT molecular complexity index is 1120. The summed E-state index contributed by atoms with van der Waals surface area (Å²) in [6, 6.07) is 11.4. The molecule has 0 aliphatic heterocycles. The van der Waals surface area contributed by atoms with Gasteiger partial charge in [-0.2, -0.15) is 0 Å². The molecule has 30 heavy (non-hydrogen) atoms. The third-order valence-corrected chi connectivity index (χ3v) is 6.40. The zero-order chi connectivity index (χ0) is 21.7. The van der Waals surface area contributed by atoms with Gasteiger partial charge in [0.1, 0.15) is 17.7 Å². The first kappa shape index (κ1) is 22.1. The molecular formula is C20H20BrFN4O3S. The van der Waals surface area contributed by atoms with Gasteiger partial charge in [-0.25, -0.2) is 22.5 Å². The van der Waals surface area contributed by atoms with Crippen LogP contribution in [-0.2, 0) is 21.9 Å². The summed E-state index contributed by atoms with van der Waals surface area (Å²) >= 11 is 3.26. The van der Waals surface area contributed by atoms with Crippen LogP contribution in [0.1, 0.15) is 23.9 Å². The second-order valence-electron chi connectivity index (χ2n) is 6.55. The van der Waals surface area contributed by atoms with E-state index in [4.69, 9.17) is 0 Å². The number of rotatable bonds is 8. The fourth-order valence-corrected chi connectivity index (χ4v) is 4.13. The van der Waals surface area contributed by atoms with Crippen LogP contribution in [0.3, 0.4) is 0 Å². The number of hydrogen-bond donors (Lipinski definition) is 2. The highest BCUT2D eigenvalue weighted by Crippen LogP contribution is 2.21. The number of benzene rings is 2. The first-order valence-electron chi connectivity index (χ1n) is 9.03. The molecule has 7 nitrogen and oxygen atoms in total. The Labute approximate surface area is 182 Å². The van der Waals surface area contributed by atoms with E-state index in [1.807, 2.05) is 0 Å². The number of aromatic nitrogens is 2. The molecule has 1 atom stereocenters. The molecule has 0 radical (unpaired) electrons. The highest BCUT2D eigenvalue weighted by Gasteiger charge is 2.21. The highest BCUT2D eigenvalue weighted by molar-refractivity contribution is 9.10. The lowest BCUT2D eigenvalue weighted by Crippen LogP contribution is -2.34. The van der Waals surface area contributed by atoms with Crippen molar-refractivity contribution >= 4 is 31.9 Å². The average molecular weight is 495 g/mol. The maximum Gasteiger partial charge on any atom is 0.240 e. The monoisotopic (exact) mass is 494 g/mol. The number of hydrogen-bond acceptors (Lipinski definition) is 4. The maximum atomic E-state index is 13.3. The number of carbonyl (C=O) groups excluding carboxylic acids is 1. The van der Waals surface area contributed by atoms with Crippen molar-refractivity contribution < 1.29 is 17.6 Å². The van der Waals surface area contributed by atoms with Crippen molar-refractivity contribution in [3.8, 4) is 0 Å². The molecule has 1 amide bonds. The van der Waals surface area contributed by atoms with Crippen LogP contribution in [-0.4, -0.2) is 30.4 Å². The molecule has 2 aromatic carbocycles. The van der Waals surface area contributed by atoms with E-state index in [-0.39, 0.29) is 29.6 Å². The molecule has 10 heteroatoms. The lowest BCUT2D eigenvalue weighted by atomic mass is 10.1. The third kappa shape index (κ3) is 5.53. The number of aryl methyl sites for hydroxylation is 1. The van der Waals surface area contributed by atoms with Crippen molar-refractivity contribution in [1.82, 2.24) is 19.6 Å². The minimum Gasteiger partial charge on any atom is -0.342 e. The summed E-state index contributed by atoms with van der Waals surface area (Å²) in [6.45, 7) is -0.0685. The molecule has 3 aromatic rings. The number of nitrogens with zero attached hydrogens (tertiary/aromatic N) is 2. The largest absolute Gasteiger partial charge is 0.342 e. The number of amides is 1. The second-order valence-corrected chi connectivity index (χ2v) is 9.23. The molecule has 1 unspecified atom stereocenters. The van der Waals surface area contributed by atoms with E-state index < -0.39 is 16.1 Å². The zero-order valence-corrected chi connectivity index (χ0v) is 18.5. The van der Waals surface area contributed by atoms with Gasteiger partial charge in [-0.1, -0.05) is 28.1 Å². The fraction of sp³-hybridized carbons (Fsp3) is 0.200. The molecule has 0 bridgehead atoms. The average Bonchev–Trinajstić information content (AvgIpc) is 3.13. The minimum atomic E-state index is -3.72. The van der Waals surface area contributed by atoms with Crippen LogP contribution in [0.2, 0.25) is 0 Å². The lowest BCUT2D eigenvalue weighted by Gasteiger charge is -2.19. The lowest BCUT2D eigenvalue weighted by molar-refractivity contribution is -0.121. The molecule has 1 aromatic heterocycles. The van der Waals surface area contributed by atoms with Gasteiger partial charge in [-0.05, 0) is 42.0 Å². The van der Waals surface area contributed by atoms with Crippen LogP contribution in [0.4, 0.5) is 4.39 Å². The first-order valence-corrected chi connectivity index (χ1v) is 11.3. The number of imidazole rings is 1. The summed E-state index contributed by atoms with van der Waals surface area (Å²) in [5, 5.41) is 2.84. The Morgan fingerprint density at radius 2 is 1.83 bits per heavy atom. The van der Waals surface area contributed by atoms with Crippen molar-refractivity contribution in [2.75, 3.05) is 6.54 Å². The SMILES string of the molecule is Cn1ccnc1C(NC(=O)CCNS(=O)(=O)c1ccc(Br)cc1)c1ccc(F)cc1. The topological polar surface area (TPSA) is 93.1 Å². The summed E-state index contributed by atoms with van der Waals surface area (Å²) in [5.41, 5.74) is 0.662. The van der Waals surface area contributed by atoms with Crippen molar-refractivity contribution in [2.45, 2.75) is 17.4 Å². The highest BCUT2D eigenvalue weighted by atomic mass is 79.9. The minimum absolute atomic E-state index is 0.0685. The normalized spacial score (nSPS) is 12.5. The van der Waals surface area contributed by atoms with Gasteiger partial charge in [0.2, 0.25) is 15.9 Å². The number of carbonyl (C=O) groups is 1. The molecule has 0 spiro atoms. The van der Waals surface area contributed by atoms with Gasteiger partial charge < -0.3 is 9.88 Å². The summed E-state index contributed by atoms with van der Waals surface area (Å²) in [5.74, 6) is -0.178. The maximum absolute atomic E-state index is 13.3. The van der Waals surface area contributed by atoms with E-state index >= 15 is 0 Å². The van der Waals surface area contributed by atoms with Crippen LogP contribution in [0.25, 0.3) is 0 Å². The van der Waals surface area contributed by atoms with Crippen molar-refractivity contribution in [2.24, 2.45) is 7.05 Å². The predicted octanol–water partition coefficient (Wildman–Crippen LogP) is 2.90. The predicted molar refractivity (Wildman–Crippen MR) is 114 cm³/mol. The van der Waals surface area contributed by atoms with Gasteiger partial charge in [-0.15, -0.1) is 0 Å². The third-order valence-electron chi connectivity index (χ3n) is 4.39. The number of nitrogens with one attached hydrogen (secondary N) is 2. The zero-order valence-electron chi connectivity index (χ0n) is 16.0. The van der Waals surface area contributed by atoms with E-state index in [9.17, 15) is 17.6 Å². The van der Waals surface area contributed by atoms with Crippen LogP contribution < -0.4 is 10.0 Å². The molecule has 0 aliphatic rings. The Balaban J connectivity index is 1.65. The summed E-state index contributed by atoms with van der Waals surface area (Å²) < 4.78 is 42.9. The Morgan fingerprint density at radius 1 is 1.17 bits per heavy atom. The molecule has 2 N–H and O–H groups in total. The van der Waals surface area contributed by atoms with E-state index in [2.05, 4.69) is 31.0 Å². The van der Waals surface area contributed by atoms with E-state index in [0.29, 0.717) is 11.4 Å². The van der Waals surface area contributed by atoms with Gasteiger partial charge >= 0.3 is 0 Å². The quantitative estimate of drug-likeness (QED) is 0.503. The number of halogens is 2. The molecule has 0 fully saturated rings. The van der Waals surface area contributed by atoms with E-state index in [0.717, 1.165) is 4.47 Å². The van der Waals surface area contributed by atoms with Crippen LogP contribution >= 0.6 is 15.9 Å². The van der Waals surface area contributed by atoms with E-state index in [1.54, 1.807) is 48.3 Å². The van der Waals surface area contributed by atoms with Crippen molar-refractivity contribution in [3.63, 3.8) is 0 Å². The molecular weight excluding hydrogens is 475 g/mol. The summed E-state index contributed by atoms with van der Waals surface area (Å²) in [7, 11) is -1.93. The second kappa shape index (κ2) is 9.50. The standard InChI is InChI=1S/C20H20BrFN4O3S/c1-26-13-12-23-20(26)19(14-2-6-16(22)7-3-14)25-18(27)10-11-24-30(28,29)17-8-4-15(21)5-9-17/h2-9,12-13,19,24H,10-11H2,1H3,(H,25,27). The Hall–Kier alpha value is -2.56.